The average molecular weight is 240 g/mol. The van der Waals surface area contributed by atoms with Gasteiger partial charge in [-0.25, -0.2) is 0 Å². The van der Waals surface area contributed by atoms with Crippen molar-refractivity contribution in [1.29, 1.82) is 0 Å². The molecule has 13 heavy (non-hydrogen) atoms. The van der Waals surface area contributed by atoms with Gasteiger partial charge in [-0.3, -0.25) is 0 Å². The van der Waals surface area contributed by atoms with Crippen LogP contribution in [0.4, 0.5) is 5.69 Å². The number of benzene rings is 1. The lowest BCUT2D eigenvalue weighted by atomic mass is 10.2. The van der Waals surface area contributed by atoms with E-state index >= 15 is 0 Å². The summed E-state index contributed by atoms with van der Waals surface area (Å²) in [5.74, 6) is 0. The van der Waals surface area contributed by atoms with E-state index in [0.29, 0.717) is 0 Å². The molecule has 0 unspecified atom stereocenters. The van der Waals surface area contributed by atoms with Gasteiger partial charge in [0.05, 0.1) is 0 Å². The van der Waals surface area contributed by atoms with Gasteiger partial charge in [0.25, 0.3) is 0 Å². The zero-order valence-electron chi connectivity index (χ0n) is 7.81. The molecule has 1 nitrogen and oxygen atoms in total. The molecule has 0 aliphatic carbocycles. The first-order chi connectivity index (χ1) is 6.22. The lowest BCUT2D eigenvalue weighted by molar-refractivity contribution is 1.05. The second kappa shape index (κ2) is 5.07. The van der Waals surface area contributed by atoms with Gasteiger partial charge >= 0.3 is 0 Å². The largest absolute Gasteiger partial charge is 0.381 e. The van der Waals surface area contributed by atoms with Gasteiger partial charge in [0.1, 0.15) is 0 Å². The summed E-state index contributed by atoms with van der Waals surface area (Å²) in [6.07, 6.45) is 1.03. The lowest BCUT2D eigenvalue weighted by Gasteiger charge is -2.06. The van der Waals surface area contributed by atoms with E-state index in [1.165, 1.54) is 5.57 Å². The normalized spacial score (nSPS) is 9.69. The summed E-state index contributed by atoms with van der Waals surface area (Å²) in [6, 6.07) is 8.15. The van der Waals surface area contributed by atoms with Crippen molar-refractivity contribution >= 4 is 21.6 Å². The van der Waals surface area contributed by atoms with Gasteiger partial charge in [-0.2, -0.15) is 0 Å². The third-order valence-corrected chi connectivity index (χ3v) is 2.42. The minimum Gasteiger partial charge on any atom is -0.381 e. The maximum Gasteiger partial charge on any atom is 0.0357 e. The molecule has 70 valence electrons. The quantitative estimate of drug-likeness (QED) is 0.788. The molecule has 1 aromatic rings. The molecule has 0 radical (unpaired) electrons. The smallest absolute Gasteiger partial charge is 0.0357 e. The first-order valence-corrected chi connectivity index (χ1v) is 5.17. The summed E-state index contributed by atoms with van der Waals surface area (Å²) in [5, 5.41) is 3.30. The Hall–Kier alpha value is -0.760. The highest BCUT2D eigenvalue weighted by atomic mass is 79.9. The van der Waals surface area contributed by atoms with Gasteiger partial charge in [0, 0.05) is 16.7 Å². The average Bonchev–Trinajstić information content (AvgIpc) is 2.16. The molecule has 0 atom stereocenters. The molecule has 0 saturated heterocycles. The van der Waals surface area contributed by atoms with E-state index < -0.39 is 0 Å². The molecular weight excluding hydrogens is 226 g/mol. The lowest BCUT2D eigenvalue weighted by Crippen LogP contribution is -2.02. The fourth-order valence-corrected chi connectivity index (χ4v) is 1.18. The molecule has 1 N–H and O–H groups in total. The van der Waals surface area contributed by atoms with Crippen LogP contribution >= 0.6 is 15.9 Å². The maximum absolute atomic E-state index is 3.93. The molecule has 0 amide bonds. The highest BCUT2D eigenvalue weighted by molar-refractivity contribution is 9.10. The zero-order valence-corrected chi connectivity index (χ0v) is 9.39. The van der Waals surface area contributed by atoms with Gasteiger partial charge in [-0.05, 0) is 30.7 Å². The van der Waals surface area contributed by atoms with Crippen LogP contribution < -0.4 is 5.32 Å². The molecule has 0 aromatic heterocycles. The molecule has 1 rings (SSSR count). The fraction of sp³-hybridized carbons (Fsp3) is 0.273. The molecule has 0 saturated carbocycles. The Morgan fingerprint density at radius 2 is 2.00 bits per heavy atom. The van der Waals surface area contributed by atoms with Crippen LogP contribution in [0.3, 0.4) is 0 Å². The molecule has 0 fully saturated rings. The van der Waals surface area contributed by atoms with Crippen molar-refractivity contribution in [2.75, 3.05) is 11.9 Å². The van der Waals surface area contributed by atoms with Crippen LogP contribution in [0.15, 0.2) is 40.9 Å². The maximum atomic E-state index is 3.93. The first kappa shape index (κ1) is 10.3. The van der Waals surface area contributed by atoms with Crippen LogP contribution in [-0.4, -0.2) is 6.54 Å². The molecular formula is C11H14BrN. The van der Waals surface area contributed by atoms with E-state index in [2.05, 4.69) is 34.7 Å². The van der Waals surface area contributed by atoms with Crippen LogP contribution in [0, 0.1) is 0 Å². The van der Waals surface area contributed by atoms with Crippen LogP contribution in [0.1, 0.15) is 13.3 Å². The van der Waals surface area contributed by atoms with Crippen LogP contribution in [0.25, 0.3) is 0 Å². The Morgan fingerprint density at radius 1 is 1.38 bits per heavy atom. The van der Waals surface area contributed by atoms with Crippen molar-refractivity contribution in [3.05, 3.63) is 40.9 Å². The van der Waals surface area contributed by atoms with Crippen molar-refractivity contribution in [2.24, 2.45) is 0 Å². The number of halogens is 1. The molecule has 0 heterocycles. The molecule has 0 spiro atoms. The minimum absolute atomic E-state index is 0.859. The SMILES string of the molecule is C=C(CC)CNc1ccc(Br)cc1. The van der Waals surface area contributed by atoms with Crippen molar-refractivity contribution < 1.29 is 0 Å². The predicted octanol–water partition coefficient (Wildman–Crippen LogP) is 3.83. The van der Waals surface area contributed by atoms with Gasteiger partial charge < -0.3 is 5.32 Å². The molecule has 0 aliphatic heterocycles. The van der Waals surface area contributed by atoms with E-state index in [-0.39, 0.29) is 0 Å². The van der Waals surface area contributed by atoms with Gasteiger partial charge in [-0.15, -0.1) is 0 Å². The van der Waals surface area contributed by atoms with Crippen molar-refractivity contribution in [1.82, 2.24) is 0 Å². The standard InChI is InChI=1S/C11H14BrN/c1-3-9(2)8-13-11-6-4-10(12)5-7-11/h4-7,13H,2-3,8H2,1H3. The van der Waals surface area contributed by atoms with Gasteiger partial charge in [-0.1, -0.05) is 35.0 Å². The monoisotopic (exact) mass is 239 g/mol. The van der Waals surface area contributed by atoms with Crippen molar-refractivity contribution in [3.8, 4) is 0 Å². The summed E-state index contributed by atoms with van der Waals surface area (Å²) < 4.78 is 1.10. The second-order valence-corrected chi connectivity index (χ2v) is 3.88. The summed E-state index contributed by atoms with van der Waals surface area (Å²) in [7, 11) is 0. The van der Waals surface area contributed by atoms with Crippen molar-refractivity contribution in [2.45, 2.75) is 13.3 Å². The third kappa shape index (κ3) is 3.64. The number of nitrogens with one attached hydrogen (secondary N) is 1. The summed E-state index contributed by atoms with van der Waals surface area (Å²) in [5.41, 5.74) is 2.36. The molecule has 2 heteroatoms. The third-order valence-electron chi connectivity index (χ3n) is 1.89. The van der Waals surface area contributed by atoms with E-state index in [4.69, 9.17) is 0 Å². The van der Waals surface area contributed by atoms with Gasteiger partial charge in [0.15, 0.2) is 0 Å². The Balaban J connectivity index is 2.46. The summed E-state index contributed by atoms with van der Waals surface area (Å²) in [6.45, 7) is 6.91. The molecule has 0 aliphatic rings. The van der Waals surface area contributed by atoms with Crippen LogP contribution in [0.2, 0.25) is 0 Å². The van der Waals surface area contributed by atoms with E-state index in [1.807, 2.05) is 24.3 Å². The number of anilines is 1. The predicted molar refractivity (Wildman–Crippen MR) is 62.1 cm³/mol. The van der Waals surface area contributed by atoms with Crippen LogP contribution in [-0.2, 0) is 0 Å². The molecule has 0 bridgehead atoms. The Labute approximate surface area is 88.0 Å². The summed E-state index contributed by atoms with van der Waals surface area (Å²) in [4.78, 5) is 0. The van der Waals surface area contributed by atoms with Crippen molar-refractivity contribution in [3.63, 3.8) is 0 Å². The first-order valence-electron chi connectivity index (χ1n) is 4.38. The minimum atomic E-state index is 0.859. The fourth-order valence-electron chi connectivity index (χ4n) is 0.920. The second-order valence-electron chi connectivity index (χ2n) is 2.96. The van der Waals surface area contributed by atoms with Crippen LogP contribution in [0.5, 0.6) is 0 Å². The Kier molecular flexibility index (Phi) is 4.03. The highest BCUT2D eigenvalue weighted by Crippen LogP contribution is 2.14. The molecule has 1 aromatic carbocycles. The van der Waals surface area contributed by atoms with E-state index in [0.717, 1.165) is 23.1 Å². The zero-order chi connectivity index (χ0) is 9.68. The highest BCUT2D eigenvalue weighted by Gasteiger charge is 1.92. The topological polar surface area (TPSA) is 12.0 Å². The Morgan fingerprint density at radius 3 is 2.54 bits per heavy atom. The van der Waals surface area contributed by atoms with E-state index in [9.17, 15) is 0 Å². The number of hydrogen-bond donors (Lipinski definition) is 1. The number of rotatable bonds is 4. The van der Waals surface area contributed by atoms with E-state index in [1.54, 1.807) is 0 Å². The summed E-state index contributed by atoms with van der Waals surface area (Å²) >= 11 is 3.39. The Bertz CT molecular complexity index is 277. The van der Waals surface area contributed by atoms with Gasteiger partial charge in [0.2, 0.25) is 0 Å². The number of hydrogen-bond acceptors (Lipinski definition) is 1.